The van der Waals surface area contributed by atoms with Crippen LogP contribution in [0.3, 0.4) is 0 Å². The second-order valence-corrected chi connectivity index (χ2v) is 6.96. The Hall–Kier alpha value is -2.38. The fraction of sp³-hybridized carbons (Fsp3) is 0.235. The van der Waals surface area contributed by atoms with E-state index in [4.69, 9.17) is 9.88 Å². The lowest BCUT2D eigenvalue weighted by atomic mass is 10.1. The van der Waals surface area contributed by atoms with Gasteiger partial charge in [-0.15, -0.1) is 0 Å². The van der Waals surface area contributed by atoms with E-state index in [1.165, 1.54) is 12.1 Å². The molecule has 0 spiro atoms. The molecule has 2 aromatic carbocycles. The van der Waals surface area contributed by atoms with Crippen molar-refractivity contribution < 1.29 is 17.9 Å². The molecule has 7 heteroatoms. The van der Waals surface area contributed by atoms with Crippen LogP contribution in [-0.4, -0.2) is 32.9 Å². The van der Waals surface area contributed by atoms with Gasteiger partial charge in [-0.05, 0) is 36.8 Å². The quantitative estimate of drug-likeness (QED) is 0.864. The predicted octanol–water partition coefficient (Wildman–Crippen LogP) is 1.93. The van der Waals surface area contributed by atoms with Crippen LogP contribution in [0.25, 0.3) is 0 Å². The minimum Gasteiger partial charge on any atom is -0.484 e. The molecule has 2 N–H and O–H groups in total. The molecule has 1 atom stereocenters. The second kappa shape index (κ2) is 7.46. The highest BCUT2D eigenvalue weighted by Crippen LogP contribution is 2.20. The Morgan fingerprint density at radius 2 is 1.71 bits per heavy atom. The van der Waals surface area contributed by atoms with Gasteiger partial charge < -0.3 is 9.64 Å². The number of sulfonamides is 1. The molecule has 128 valence electrons. The van der Waals surface area contributed by atoms with Gasteiger partial charge in [0.2, 0.25) is 10.0 Å². The lowest BCUT2D eigenvalue weighted by molar-refractivity contribution is -0.134. The Balaban J connectivity index is 2.00. The highest BCUT2D eigenvalue weighted by atomic mass is 32.2. The fourth-order valence-corrected chi connectivity index (χ4v) is 2.65. The van der Waals surface area contributed by atoms with Gasteiger partial charge in [-0.3, -0.25) is 4.79 Å². The molecule has 1 amide bonds. The number of benzene rings is 2. The summed E-state index contributed by atoms with van der Waals surface area (Å²) in [4.78, 5) is 13.8. The smallest absolute Gasteiger partial charge is 0.260 e. The van der Waals surface area contributed by atoms with Crippen LogP contribution in [-0.2, 0) is 14.8 Å². The number of primary sulfonamides is 1. The number of ether oxygens (including phenoxy) is 1. The van der Waals surface area contributed by atoms with Crippen molar-refractivity contribution in [1.29, 1.82) is 0 Å². The van der Waals surface area contributed by atoms with E-state index in [1.54, 1.807) is 36.2 Å². The zero-order valence-corrected chi connectivity index (χ0v) is 14.4. The van der Waals surface area contributed by atoms with Gasteiger partial charge in [0.1, 0.15) is 5.75 Å². The van der Waals surface area contributed by atoms with Crippen molar-refractivity contribution in [2.45, 2.75) is 17.9 Å². The van der Waals surface area contributed by atoms with Gasteiger partial charge in [0, 0.05) is 7.05 Å². The number of likely N-dealkylation sites (N-methyl/N-ethyl adjacent to an activating group) is 1. The summed E-state index contributed by atoms with van der Waals surface area (Å²) in [6.45, 7) is 1.78. The topological polar surface area (TPSA) is 89.7 Å². The van der Waals surface area contributed by atoms with Crippen LogP contribution in [0.15, 0.2) is 59.5 Å². The van der Waals surface area contributed by atoms with Crippen LogP contribution in [0.5, 0.6) is 5.75 Å². The molecule has 0 saturated carbocycles. The van der Waals surface area contributed by atoms with E-state index in [9.17, 15) is 13.2 Å². The van der Waals surface area contributed by atoms with E-state index in [0.717, 1.165) is 5.56 Å². The van der Waals surface area contributed by atoms with Crippen molar-refractivity contribution in [3.05, 3.63) is 60.2 Å². The maximum absolute atomic E-state index is 12.2. The number of hydrogen-bond acceptors (Lipinski definition) is 4. The van der Waals surface area contributed by atoms with E-state index >= 15 is 0 Å². The zero-order valence-electron chi connectivity index (χ0n) is 13.5. The number of nitrogens with two attached hydrogens (primary N) is 1. The van der Waals surface area contributed by atoms with Crippen LogP contribution in [0.4, 0.5) is 0 Å². The normalized spacial score (nSPS) is 12.5. The Morgan fingerprint density at radius 1 is 1.12 bits per heavy atom. The molecule has 6 nitrogen and oxygen atoms in total. The van der Waals surface area contributed by atoms with Gasteiger partial charge in [-0.2, -0.15) is 0 Å². The lowest BCUT2D eigenvalue weighted by Gasteiger charge is -2.25. The molecule has 0 radical (unpaired) electrons. The van der Waals surface area contributed by atoms with Crippen molar-refractivity contribution >= 4 is 15.9 Å². The summed E-state index contributed by atoms with van der Waals surface area (Å²) in [5.74, 6) is 0.450. The standard InChI is InChI=1S/C17H20N2O4S/c1-13(14-8-10-16(11-9-14)24(18,21)22)19(2)17(20)12-23-15-6-4-3-5-7-15/h3-11,13H,12H2,1-2H3,(H2,18,21,22). The number of carbonyl (C=O) groups excluding carboxylic acids is 1. The largest absolute Gasteiger partial charge is 0.484 e. The molecule has 24 heavy (non-hydrogen) atoms. The van der Waals surface area contributed by atoms with Gasteiger partial charge in [0.25, 0.3) is 5.91 Å². The predicted molar refractivity (Wildman–Crippen MR) is 90.9 cm³/mol. The number of para-hydroxylation sites is 1. The Kier molecular flexibility index (Phi) is 5.58. The number of nitrogens with zero attached hydrogens (tertiary/aromatic N) is 1. The minimum absolute atomic E-state index is 0.0415. The van der Waals surface area contributed by atoms with E-state index in [2.05, 4.69) is 0 Å². The van der Waals surface area contributed by atoms with Gasteiger partial charge in [0.05, 0.1) is 10.9 Å². The Morgan fingerprint density at radius 3 is 2.25 bits per heavy atom. The maximum Gasteiger partial charge on any atom is 0.260 e. The molecule has 0 bridgehead atoms. The molecule has 0 heterocycles. The molecular formula is C17H20N2O4S. The number of carbonyl (C=O) groups is 1. The SMILES string of the molecule is CC(c1ccc(S(N)(=O)=O)cc1)N(C)C(=O)COc1ccccc1. The Bertz CT molecular complexity index is 789. The van der Waals surface area contributed by atoms with Crippen molar-refractivity contribution in [1.82, 2.24) is 4.90 Å². The number of amides is 1. The maximum atomic E-state index is 12.2. The summed E-state index contributed by atoms with van der Waals surface area (Å²) < 4.78 is 28.0. The van der Waals surface area contributed by atoms with Gasteiger partial charge in [0.15, 0.2) is 6.61 Å². The average Bonchev–Trinajstić information content (AvgIpc) is 2.58. The number of hydrogen-bond donors (Lipinski definition) is 1. The second-order valence-electron chi connectivity index (χ2n) is 5.40. The van der Waals surface area contributed by atoms with Crippen LogP contribution >= 0.6 is 0 Å². The van der Waals surface area contributed by atoms with Crippen molar-refractivity contribution in [3.63, 3.8) is 0 Å². The van der Waals surface area contributed by atoms with Crippen molar-refractivity contribution in [2.75, 3.05) is 13.7 Å². The van der Waals surface area contributed by atoms with E-state index in [0.29, 0.717) is 5.75 Å². The molecule has 0 saturated heterocycles. The average molecular weight is 348 g/mol. The number of rotatable bonds is 6. The summed E-state index contributed by atoms with van der Waals surface area (Å²) in [5.41, 5.74) is 0.804. The van der Waals surface area contributed by atoms with E-state index in [-0.39, 0.29) is 23.5 Å². The summed E-state index contributed by atoms with van der Waals surface area (Å²) in [7, 11) is -2.05. The minimum atomic E-state index is -3.72. The first kappa shape index (κ1) is 18.0. The van der Waals surface area contributed by atoms with E-state index in [1.807, 2.05) is 25.1 Å². The highest BCUT2D eigenvalue weighted by Gasteiger charge is 2.18. The van der Waals surface area contributed by atoms with Crippen LogP contribution in [0.2, 0.25) is 0 Å². The van der Waals surface area contributed by atoms with E-state index < -0.39 is 10.0 Å². The molecule has 1 unspecified atom stereocenters. The molecular weight excluding hydrogens is 328 g/mol. The molecule has 0 aromatic heterocycles. The third-order valence-electron chi connectivity index (χ3n) is 3.77. The first-order valence-corrected chi connectivity index (χ1v) is 8.90. The third kappa shape index (κ3) is 4.56. The van der Waals surface area contributed by atoms with Crippen molar-refractivity contribution in [3.8, 4) is 5.75 Å². The lowest BCUT2D eigenvalue weighted by Crippen LogP contribution is -2.33. The first-order chi connectivity index (χ1) is 11.3. The van der Waals surface area contributed by atoms with Crippen LogP contribution < -0.4 is 9.88 Å². The monoisotopic (exact) mass is 348 g/mol. The summed E-state index contributed by atoms with van der Waals surface area (Å²) in [6, 6.07) is 15.0. The van der Waals surface area contributed by atoms with Gasteiger partial charge in [-0.25, -0.2) is 13.6 Å². The zero-order chi connectivity index (χ0) is 17.7. The van der Waals surface area contributed by atoms with Gasteiger partial charge >= 0.3 is 0 Å². The Labute approximate surface area is 141 Å². The highest BCUT2D eigenvalue weighted by molar-refractivity contribution is 7.89. The molecule has 0 fully saturated rings. The van der Waals surface area contributed by atoms with Crippen LogP contribution in [0, 0.1) is 0 Å². The third-order valence-corrected chi connectivity index (χ3v) is 4.70. The molecule has 2 aromatic rings. The van der Waals surface area contributed by atoms with Crippen molar-refractivity contribution in [2.24, 2.45) is 5.14 Å². The molecule has 0 aliphatic carbocycles. The molecule has 2 rings (SSSR count). The molecule has 0 aliphatic rings. The summed E-state index contributed by atoms with van der Waals surface area (Å²) in [6.07, 6.45) is 0. The summed E-state index contributed by atoms with van der Waals surface area (Å²) >= 11 is 0. The first-order valence-electron chi connectivity index (χ1n) is 7.35. The fourth-order valence-electron chi connectivity index (χ4n) is 2.14. The van der Waals surface area contributed by atoms with Gasteiger partial charge in [-0.1, -0.05) is 30.3 Å². The summed E-state index contributed by atoms with van der Waals surface area (Å²) in [5, 5.41) is 5.08. The molecule has 0 aliphatic heterocycles. The van der Waals surface area contributed by atoms with Crippen LogP contribution in [0.1, 0.15) is 18.5 Å².